The van der Waals surface area contributed by atoms with Crippen molar-refractivity contribution in [2.75, 3.05) is 31.1 Å². The van der Waals surface area contributed by atoms with Crippen LogP contribution in [0.4, 0.5) is 5.69 Å². The van der Waals surface area contributed by atoms with E-state index in [-0.39, 0.29) is 5.91 Å². The highest BCUT2D eigenvalue weighted by Gasteiger charge is 2.23. The highest BCUT2D eigenvalue weighted by Crippen LogP contribution is 2.23. The van der Waals surface area contributed by atoms with E-state index in [0.29, 0.717) is 18.7 Å². The number of para-hydroxylation sites is 1. The first-order chi connectivity index (χ1) is 14.7. The molecule has 0 N–H and O–H groups in total. The standard InChI is InChI=1S/C24H21ClN4O/c25-19-5-4-8-21(16-19)27-11-13-28(14-12-27)24(30)18-9-10-23-22(15-18)26-17-29(23)20-6-2-1-3-7-20/h1-10,15-17H,11-14H2. The van der Waals surface area contributed by atoms with Gasteiger partial charge in [-0.25, -0.2) is 4.98 Å². The van der Waals surface area contributed by atoms with Crippen molar-refractivity contribution in [2.45, 2.75) is 0 Å². The number of benzene rings is 3. The van der Waals surface area contributed by atoms with Gasteiger partial charge in [0.1, 0.15) is 6.33 Å². The number of fused-ring (bicyclic) bond motifs is 1. The molecule has 1 saturated heterocycles. The highest BCUT2D eigenvalue weighted by molar-refractivity contribution is 6.30. The molecule has 6 heteroatoms. The van der Waals surface area contributed by atoms with Gasteiger partial charge in [0.05, 0.1) is 11.0 Å². The summed E-state index contributed by atoms with van der Waals surface area (Å²) in [7, 11) is 0. The summed E-state index contributed by atoms with van der Waals surface area (Å²) in [6.45, 7) is 2.94. The molecular formula is C24H21ClN4O. The Kier molecular flexibility index (Phi) is 4.89. The summed E-state index contributed by atoms with van der Waals surface area (Å²) in [6.07, 6.45) is 1.80. The first-order valence-corrected chi connectivity index (χ1v) is 10.4. The van der Waals surface area contributed by atoms with Crippen molar-refractivity contribution in [1.29, 1.82) is 0 Å². The van der Waals surface area contributed by atoms with E-state index >= 15 is 0 Å². The zero-order valence-corrected chi connectivity index (χ0v) is 17.2. The maximum atomic E-state index is 13.1. The molecule has 0 saturated carbocycles. The molecule has 0 aliphatic carbocycles. The fraction of sp³-hybridized carbons (Fsp3) is 0.167. The summed E-state index contributed by atoms with van der Waals surface area (Å²) in [5, 5.41) is 0.731. The van der Waals surface area contributed by atoms with Crippen LogP contribution in [0.25, 0.3) is 16.7 Å². The first-order valence-electron chi connectivity index (χ1n) is 10.0. The molecule has 1 amide bonds. The molecule has 3 aromatic carbocycles. The molecule has 0 atom stereocenters. The Morgan fingerprint density at radius 2 is 1.60 bits per heavy atom. The van der Waals surface area contributed by atoms with Crippen LogP contribution in [0.2, 0.25) is 5.02 Å². The maximum Gasteiger partial charge on any atom is 0.254 e. The Labute approximate surface area is 180 Å². The summed E-state index contributed by atoms with van der Waals surface area (Å²) >= 11 is 6.11. The van der Waals surface area contributed by atoms with Crippen LogP contribution in [0, 0.1) is 0 Å². The number of amides is 1. The largest absolute Gasteiger partial charge is 0.368 e. The molecule has 0 radical (unpaired) electrons. The number of hydrogen-bond donors (Lipinski definition) is 0. The van der Waals surface area contributed by atoms with Gasteiger partial charge in [-0.3, -0.25) is 9.36 Å². The van der Waals surface area contributed by atoms with Gasteiger partial charge < -0.3 is 9.80 Å². The number of rotatable bonds is 3. The number of halogens is 1. The summed E-state index contributed by atoms with van der Waals surface area (Å²) in [5.41, 5.74) is 4.64. The SMILES string of the molecule is O=C(c1ccc2c(c1)ncn2-c1ccccc1)N1CCN(c2cccc(Cl)c2)CC1. The fourth-order valence-corrected chi connectivity index (χ4v) is 4.15. The lowest BCUT2D eigenvalue weighted by molar-refractivity contribution is 0.0747. The molecule has 5 rings (SSSR count). The van der Waals surface area contributed by atoms with Crippen LogP contribution in [0.3, 0.4) is 0 Å². The van der Waals surface area contributed by atoms with Gasteiger partial charge in [-0.2, -0.15) is 0 Å². The average molecular weight is 417 g/mol. The summed E-state index contributed by atoms with van der Waals surface area (Å²) in [4.78, 5) is 21.8. The van der Waals surface area contributed by atoms with Gasteiger partial charge in [0, 0.05) is 48.1 Å². The first kappa shape index (κ1) is 18.7. The van der Waals surface area contributed by atoms with Crippen molar-refractivity contribution >= 4 is 34.2 Å². The zero-order valence-electron chi connectivity index (χ0n) is 16.4. The molecule has 1 aliphatic heterocycles. The van der Waals surface area contributed by atoms with E-state index in [4.69, 9.17) is 11.6 Å². The second-order valence-corrected chi connectivity index (χ2v) is 7.85. The Bertz CT molecular complexity index is 1200. The molecule has 150 valence electrons. The van der Waals surface area contributed by atoms with Crippen molar-refractivity contribution in [1.82, 2.24) is 14.5 Å². The van der Waals surface area contributed by atoms with Gasteiger partial charge >= 0.3 is 0 Å². The normalized spacial score (nSPS) is 14.3. The molecule has 0 bridgehead atoms. The van der Waals surface area contributed by atoms with Crippen LogP contribution >= 0.6 is 11.6 Å². The lowest BCUT2D eigenvalue weighted by atomic mass is 10.1. The smallest absolute Gasteiger partial charge is 0.254 e. The van der Waals surface area contributed by atoms with Crippen LogP contribution in [-0.4, -0.2) is 46.5 Å². The van der Waals surface area contributed by atoms with Gasteiger partial charge in [0.2, 0.25) is 0 Å². The van der Waals surface area contributed by atoms with E-state index < -0.39 is 0 Å². The molecule has 0 spiro atoms. The Morgan fingerprint density at radius 1 is 0.833 bits per heavy atom. The van der Waals surface area contributed by atoms with E-state index in [1.54, 1.807) is 6.33 Å². The molecular weight excluding hydrogens is 396 g/mol. The molecule has 0 unspecified atom stereocenters. The second kappa shape index (κ2) is 7.84. The number of piperazine rings is 1. The predicted molar refractivity (Wildman–Crippen MR) is 121 cm³/mol. The van der Waals surface area contributed by atoms with E-state index in [2.05, 4.69) is 16.0 Å². The predicted octanol–water partition coefficient (Wildman–Crippen LogP) is 4.64. The van der Waals surface area contributed by atoms with Gasteiger partial charge in [-0.05, 0) is 48.5 Å². The lowest BCUT2D eigenvalue weighted by Gasteiger charge is -2.36. The van der Waals surface area contributed by atoms with Crippen LogP contribution in [0.5, 0.6) is 0 Å². The molecule has 4 aromatic rings. The quantitative estimate of drug-likeness (QED) is 0.488. The fourth-order valence-electron chi connectivity index (χ4n) is 3.96. The third-order valence-electron chi connectivity index (χ3n) is 5.57. The third kappa shape index (κ3) is 3.53. The van der Waals surface area contributed by atoms with Crippen molar-refractivity contribution < 1.29 is 4.79 Å². The van der Waals surface area contributed by atoms with Crippen molar-refractivity contribution in [2.24, 2.45) is 0 Å². The van der Waals surface area contributed by atoms with Crippen LogP contribution in [-0.2, 0) is 0 Å². The lowest BCUT2D eigenvalue weighted by Crippen LogP contribution is -2.48. The number of hydrogen-bond acceptors (Lipinski definition) is 3. The van der Waals surface area contributed by atoms with Crippen LogP contribution < -0.4 is 4.90 Å². The summed E-state index contributed by atoms with van der Waals surface area (Å²) in [5.74, 6) is 0.0527. The monoisotopic (exact) mass is 416 g/mol. The van der Waals surface area contributed by atoms with E-state index in [0.717, 1.165) is 40.5 Å². The minimum absolute atomic E-state index is 0.0527. The van der Waals surface area contributed by atoms with Gasteiger partial charge in [0.15, 0.2) is 0 Å². The Morgan fingerprint density at radius 3 is 2.37 bits per heavy atom. The second-order valence-electron chi connectivity index (χ2n) is 7.41. The van der Waals surface area contributed by atoms with Crippen LogP contribution in [0.15, 0.2) is 79.1 Å². The summed E-state index contributed by atoms with van der Waals surface area (Å²) < 4.78 is 2.04. The number of nitrogens with zero attached hydrogens (tertiary/aromatic N) is 4. The number of aromatic nitrogens is 2. The molecule has 1 aliphatic rings. The van der Waals surface area contributed by atoms with Gasteiger partial charge in [-0.15, -0.1) is 0 Å². The number of anilines is 1. The van der Waals surface area contributed by atoms with Gasteiger partial charge in [-0.1, -0.05) is 35.9 Å². The van der Waals surface area contributed by atoms with Crippen molar-refractivity contribution in [3.63, 3.8) is 0 Å². The summed E-state index contributed by atoms with van der Waals surface area (Å²) in [6, 6.07) is 23.7. The van der Waals surface area contributed by atoms with E-state index in [9.17, 15) is 4.79 Å². The molecule has 30 heavy (non-hydrogen) atoms. The topological polar surface area (TPSA) is 41.4 Å². The third-order valence-corrected chi connectivity index (χ3v) is 5.80. The zero-order chi connectivity index (χ0) is 20.5. The minimum Gasteiger partial charge on any atom is -0.368 e. The highest BCUT2D eigenvalue weighted by atomic mass is 35.5. The van der Waals surface area contributed by atoms with Crippen molar-refractivity contribution in [3.8, 4) is 5.69 Å². The molecule has 2 heterocycles. The Balaban J connectivity index is 1.32. The molecule has 1 fully saturated rings. The number of carbonyl (C=O) groups is 1. The molecule has 1 aromatic heterocycles. The van der Waals surface area contributed by atoms with Crippen molar-refractivity contribution in [3.05, 3.63) is 89.7 Å². The minimum atomic E-state index is 0.0527. The van der Waals surface area contributed by atoms with E-state index in [1.807, 2.05) is 76.2 Å². The number of carbonyl (C=O) groups excluding carboxylic acids is 1. The maximum absolute atomic E-state index is 13.1. The van der Waals surface area contributed by atoms with E-state index in [1.165, 1.54) is 0 Å². The Hall–Kier alpha value is -3.31. The number of imidazole rings is 1. The molecule has 5 nitrogen and oxygen atoms in total. The average Bonchev–Trinajstić information content (AvgIpc) is 3.22. The van der Waals surface area contributed by atoms with Crippen LogP contribution in [0.1, 0.15) is 10.4 Å². The van der Waals surface area contributed by atoms with Gasteiger partial charge in [0.25, 0.3) is 5.91 Å².